The molecule has 0 aromatic heterocycles. The molecule has 106 valence electrons. The molecule has 21 heavy (non-hydrogen) atoms. The lowest BCUT2D eigenvalue weighted by atomic mass is 10.1. The predicted octanol–water partition coefficient (Wildman–Crippen LogP) is 3.68. The van der Waals surface area contributed by atoms with Gasteiger partial charge in [-0.05, 0) is 31.2 Å². The molecular weight excluding hydrogens is 269 g/mol. The highest BCUT2D eigenvalue weighted by atomic mass is 19.1. The summed E-state index contributed by atoms with van der Waals surface area (Å²) in [5.41, 5.74) is 1.38. The minimum atomic E-state index is -0.390. The van der Waals surface area contributed by atoms with Gasteiger partial charge in [-0.1, -0.05) is 30.3 Å². The van der Waals surface area contributed by atoms with Crippen LogP contribution >= 0.6 is 0 Å². The molecule has 4 heteroatoms. The number of carbonyl (C=O) groups is 2. The van der Waals surface area contributed by atoms with Crippen molar-refractivity contribution in [3.8, 4) is 0 Å². The lowest BCUT2D eigenvalue weighted by Crippen LogP contribution is -2.08. The number of benzene rings is 2. The van der Waals surface area contributed by atoms with Gasteiger partial charge >= 0.3 is 0 Å². The summed E-state index contributed by atoms with van der Waals surface area (Å²) >= 11 is 0. The van der Waals surface area contributed by atoms with Crippen LogP contribution in [0.25, 0.3) is 6.08 Å². The molecule has 0 aliphatic rings. The lowest BCUT2D eigenvalue weighted by Gasteiger charge is -2.03. The normalized spacial score (nSPS) is 10.6. The summed E-state index contributed by atoms with van der Waals surface area (Å²) in [6, 6.07) is 12.8. The predicted molar refractivity (Wildman–Crippen MR) is 80.5 cm³/mol. The molecular formula is C17H14FNO2. The third-order valence-electron chi connectivity index (χ3n) is 2.86. The Morgan fingerprint density at radius 2 is 1.86 bits per heavy atom. The smallest absolute Gasteiger partial charge is 0.248 e. The first-order valence-corrected chi connectivity index (χ1v) is 6.41. The molecule has 3 nitrogen and oxygen atoms in total. The largest absolute Gasteiger partial charge is 0.322 e. The molecule has 0 saturated heterocycles. The second kappa shape index (κ2) is 6.61. The first-order chi connectivity index (χ1) is 10.1. The standard InChI is InChI=1S/C17H14FNO2/c1-12(20)14-6-4-7-15(11-14)19-17(21)10-9-13-5-2-3-8-16(13)18/h2-11H,1H3,(H,19,21)/b10-9+. The molecule has 0 bridgehead atoms. The van der Waals surface area contributed by atoms with E-state index in [0.717, 1.165) is 0 Å². The van der Waals surface area contributed by atoms with Crippen LogP contribution in [-0.2, 0) is 4.79 Å². The van der Waals surface area contributed by atoms with Gasteiger partial charge in [-0.2, -0.15) is 0 Å². The number of anilines is 1. The van der Waals surface area contributed by atoms with Gasteiger partial charge in [0.25, 0.3) is 0 Å². The van der Waals surface area contributed by atoms with Gasteiger partial charge in [0.05, 0.1) is 0 Å². The van der Waals surface area contributed by atoms with E-state index in [4.69, 9.17) is 0 Å². The monoisotopic (exact) mass is 283 g/mol. The van der Waals surface area contributed by atoms with Crippen LogP contribution in [0.15, 0.2) is 54.6 Å². The molecule has 2 aromatic rings. The fourth-order valence-electron chi connectivity index (χ4n) is 1.78. The SMILES string of the molecule is CC(=O)c1cccc(NC(=O)/C=C/c2ccccc2F)c1. The van der Waals surface area contributed by atoms with Crippen molar-refractivity contribution in [1.82, 2.24) is 0 Å². The van der Waals surface area contributed by atoms with Crippen molar-refractivity contribution in [2.45, 2.75) is 6.92 Å². The molecule has 0 unspecified atom stereocenters. The Kier molecular flexibility index (Phi) is 4.61. The van der Waals surface area contributed by atoms with E-state index in [9.17, 15) is 14.0 Å². The van der Waals surface area contributed by atoms with Crippen molar-refractivity contribution >= 4 is 23.5 Å². The number of rotatable bonds is 4. The number of Topliss-reactive ketones (excluding diaryl/α,β-unsaturated/α-hetero) is 1. The number of halogens is 1. The fraction of sp³-hybridized carbons (Fsp3) is 0.0588. The molecule has 0 aliphatic heterocycles. The highest BCUT2D eigenvalue weighted by Gasteiger charge is 2.03. The molecule has 2 rings (SSSR count). The average Bonchev–Trinajstić information content (AvgIpc) is 2.46. The van der Waals surface area contributed by atoms with E-state index in [-0.39, 0.29) is 17.5 Å². The molecule has 0 atom stereocenters. The molecule has 0 fully saturated rings. The van der Waals surface area contributed by atoms with Crippen molar-refractivity contribution in [2.75, 3.05) is 5.32 Å². The highest BCUT2D eigenvalue weighted by Crippen LogP contribution is 2.12. The van der Waals surface area contributed by atoms with Gasteiger partial charge in [0, 0.05) is 22.9 Å². The minimum absolute atomic E-state index is 0.0759. The zero-order chi connectivity index (χ0) is 15.2. The van der Waals surface area contributed by atoms with E-state index in [2.05, 4.69) is 5.32 Å². The van der Waals surface area contributed by atoms with Gasteiger partial charge in [-0.25, -0.2) is 4.39 Å². The Balaban J connectivity index is 2.07. The summed E-state index contributed by atoms with van der Waals surface area (Å²) in [5.74, 6) is -0.855. The van der Waals surface area contributed by atoms with Crippen LogP contribution in [0.1, 0.15) is 22.8 Å². The third kappa shape index (κ3) is 4.11. The average molecular weight is 283 g/mol. The number of amides is 1. The Hall–Kier alpha value is -2.75. The summed E-state index contributed by atoms with van der Waals surface area (Å²) in [6.45, 7) is 1.46. The summed E-state index contributed by atoms with van der Waals surface area (Å²) < 4.78 is 13.4. The van der Waals surface area contributed by atoms with Gasteiger partial charge in [-0.3, -0.25) is 9.59 Å². The number of nitrogens with one attached hydrogen (secondary N) is 1. The molecule has 0 spiro atoms. The van der Waals surface area contributed by atoms with Crippen molar-refractivity contribution in [1.29, 1.82) is 0 Å². The van der Waals surface area contributed by atoms with Gasteiger partial charge < -0.3 is 5.32 Å². The van der Waals surface area contributed by atoms with Crippen LogP contribution in [-0.4, -0.2) is 11.7 Å². The Labute approximate surface area is 122 Å². The molecule has 0 aliphatic carbocycles. The van der Waals surface area contributed by atoms with Gasteiger partial charge in [0.1, 0.15) is 5.82 Å². The maximum absolute atomic E-state index is 13.4. The highest BCUT2D eigenvalue weighted by molar-refractivity contribution is 6.03. The van der Waals surface area contributed by atoms with Crippen LogP contribution in [0.2, 0.25) is 0 Å². The maximum atomic E-state index is 13.4. The second-order valence-electron chi connectivity index (χ2n) is 4.48. The summed E-state index contributed by atoms with van der Waals surface area (Å²) in [4.78, 5) is 23.0. The lowest BCUT2D eigenvalue weighted by molar-refractivity contribution is -0.111. The number of hydrogen-bond donors (Lipinski definition) is 1. The zero-order valence-corrected chi connectivity index (χ0v) is 11.5. The zero-order valence-electron chi connectivity index (χ0n) is 11.5. The molecule has 1 amide bonds. The van der Waals surface area contributed by atoms with E-state index in [1.54, 1.807) is 42.5 Å². The van der Waals surface area contributed by atoms with Crippen LogP contribution in [0.5, 0.6) is 0 Å². The maximum Gasteiger partial charge on any atom is 0.248 e. The second-order valence-corrected chi connectivity index (χ2v) is 4.48. The first-order valence-electron chi connectivity index (χ1n) is 6.41. The first kappa shape index (κ1) is 14.7. The van der Waals surface area contributed by atoms with E-state index >= 15 is 0 Å². The summed E-state index contributed by atoms with van der Waals surface area (Å²) in [5, 5.41) is 2.63. The van der Waals surface area contributed by atoms with Gasteiger partial charge in [-0.15, -0.1) is 0 Å². The van der Waals surface area contributed by atoms with Gasteiger partial charge in [0.15, 0.2) is 5.78 Å². The van der Waals surface area contributed by atoms with Crippen LogP contribution in [0.4, 0.5) is 10.1 Å². The number of ketones is 1. The number of hydrogen-bond acceptors (Lipinski definition) is 2. The molecule has 0 radical (unpaired) electrons. The molecule has 0 heterocycles. The van der Waals surface area contributed by atoms with Crippen molar-refractivity contribution in [2.24, 2.45) is 0 Å². The minimum Gasteiger partial charge on any atom is -0.322 e. The van der Waals surface area contributed by atoms with Crippen LogP contribution < -0.4 is 5.32 Å². The van der Waals surface area contributed by atoms with E-state index in [1.807, 2.05) is 0 Å². The molecule has 1 N–H and O–H groups in total. The van der Waals surface area contributed by atoms with E-state index < -0.39 is 0 Å². The Bertz CT molecular complexity index is 707. The van der Waals surface area contributed by atoms with Crippen LogP contribution in [0.3, 0.4) is 0 Å². The molecule has 2 aromatic carbocycles. The van der Waals surface area contributed by atoms with Crippen molar-refractivity contribution < 1.29 is 14.0 Å². The summed E-state index contributed by atoms with van der Waals surface area (Å²) in [7, 11) is 0. The van der Waals surface area contributed by atoms with Crippen molar-refractivity contribution in [3.63, 3.8) is 0 Å². The Morgan fingerprint density at radius 3 is 2.57 bits per heavy atom. The summed E-state index contributed by atoms with van der Waals surface area (Å²) in [6.07, 6.45) is 2.65. The quantitative estimate of drug-likeness (QED) is 0.687. The third-order valence-corrected chi connectivity index (χ3v) is 2.86. The number of carbonyl (C=O) groups excluding carboxylic acids is 2. The van der Waals surface area contributed by atoms with Crippen LogP contribution in [0, 0.1) is 5.82 Å². The Morgan fingerprint density at radius 1 is 1.10 bits per heavy atom. The fourth-order valence-corrected chi connectivity index (χ4v) is 1.78. The van der Waals surface area contributed by atoms with Gasteiger partial charge in [0.2, 0.25) is 5.91 Å². The topological polar surface area (TPSA) is 46.2 Å². The van der Waals surface area contributed by atoms with E-state index in [0.29, 0.717) is 16.8 Å². The van der Waals surface area contributed by atoms with Crippen molar-refractivity contribution in [3.05, 3.63) is 71.6 Å². The van der Waals surface area contributed by atoms with E-state index in [1.165, 1.54) is 25.1 Å². The molecule has 0 saturated carbocycles.